The summed E-state index contributed by atoms with van der Waals surface area (Å²) in [6.07, 6.45) is 16.6. The summed E-state index contributed by atoms with van der Waals surface area (Å²) in [5, 5.41) is 9.83. The predicted molar refractivity (Wildman–Crippen MR) is 269 cm³/mol. The lowest BCUT2D eigenvalue weighted by molar-refractivity contribution is -0.128. The van der Waals surface area contributed by atoms with E-state index in [1.54, 1.807) is 4.90 Å². The van der Waals surface area contributed by atoms with E-state index in [2.05, 4.69) is 115 Å². The Morgan fingerprint density at radius 1 is 0.967 bits per heavy atom. The van der Waals surface area contributed by atoms with Gasteiger partial charge < -0.3 is 32.0 Å². The second-order valence-corrected chi connectivity index (χ2v) is 16.8. The Hall–Kier alpha value is -4.18. The van der Waals surface area contributed by atoms with E-state index in [1.807, 2.05) is 83.4 Å². The maximum atomic E-state index is 13.1. The van der Waals surface area contributed by atoms with Crippen molar-refractivity contribution in [2.75, 3.05) is 33.7 Å². The minimum absolute atomic E-state index is 0.0172. The van der Waals surface area contributed by atoms with Crippen LogP contribution >= 0.6 is 0 Å². The third kappa shape index (κ3) is 24.2. The van der Waals surface area contributed by atoms with Crippen molar-refractivity contribution in [2.24, 2.45) is 40.7 Å². The zero-order chi connectivity index (χ0) is 47.6. The fourth-order valence-electron chi connectivity index (χ4n) is 7.10. The van der Waals surface area contributed by atoms with Gasteiger partial charge in [0.1, 0.15) is 0 Å². The van der Waals surface area contributed by atoms with Gasteiger partial charge in [-0.05, 0) is 94.4 Å². The second kappa shape index (κ2) is 35.4. The van der Waals surface area contributed by atoms with Crippen LogP contribution < -0.4 is 33.0 Å². The largest absolute Gasteiger partial charge is 0.397 e. The maximum Gasteiger partial charge on any atom is 0.228 e. The summed E-state index contributed by atoms with van der Waals surface area (Å²) in [6, 6.07) is 9.74. The fraction of sp³-hybridized carbons (Fsp3) is 0.577. The molecular formula is C52H93N7O2. The summed E-state index contributed by atoms with van der Waals surface area (Å²) < 4.78 is 0. The Bertz CT molecular complexity index is 1440. The van der Waals surface area contributed by atoms with Crippen molar-refractivity contribution >= 4 is 17.5 Å². The number of nitrogens with one attached hydrogen (secondary N) is 4. The van der Waals surface area contributed by atoms with Gasteiger partial charge in [0, 0.05) is 49.3 Å². The molecule has 1 aliphatic carbocycles. The number of hydrogen-bond acceptors (Lipinski definition) is 7. The van der Waals surface area contributed by atoms with Crippen LogP contribution in [-0.2, 0) is 9.59 Å². The van der Waals surface area contributed by atoms with Crippen molar-refractivity contribution in [2.45, 2.75) is 133 Å². The monoisotopic (exact) mass is 848 g/mol. The topological polar surface area (TPSA) is 138 Å². The Balaban J connectivity index is -0.00000110. The van der Waals surface area contributed by atoms with E-state index in [1.165, 1.54) is 19.3 Å². The van der Waals surface area contributed by atoms with Crippen molar-refractivity contribution < 1.29 is 9.59 Å². The standard InChI is InChI=1S/C28H46N6O.C18H33NO.C2H6.2C2H4/c1-27(2,20-31-5)17-18-28(3,4)32-19-16-24(35)34(6)23-15-11-10-14-22(23)26(33-30)25(29)21-12-8-7-9-13-21;1-7-10-12-14(4)15(5)17(9-3)16(6)18(20)19-13-11-8-2;3*1-2/h7-9,11-13,15,31-33H,10,14,16-20,29-30H2,1-6H3;8-9,14-17H,2-3,7,10-13H2,1,4-6H3,(H,19,20);1-2H3;2*1-2H2/b26-25-;;;;. The third-order valence-electron chi connectivity index (χ3n) is 11.1. The van der Waals surface area contributed by atoms with Crippen LogP contribution in [0.25, 0.3) is 5.70 Å². The molecule has 61 heavy (non-hydrogen) atoms. The maximum absolute atomic E-state index is 13.1. The lowest BCUT2D eigenvalue weighted by Gasteiger charge is -2.32. The normalized spacial score (nSPS) is 14.4. The zero-order valence-electron chi connectivity index (χ0n) is 41.2. The summed E-state index contributed by atoms with van der Waals surface area (Å²) in [6.45, 7) is 43.7. The molecular weight excluding hydrogens is 755 g/mol. The smallest absolute Gasteiger partial charge is 0.228 e. The molecule has 0 saturated heterocycles. The van der Waals surface area contributed by atoms with Crippen LogP contribution in [0.1, 0.15) is 133 Å². The molecule has 1 aromatic carbocycles. The van der Waals surface area contributed by atoms with Gasteiger partial charge in [-0.25, -0.2) is 0 Å². The quantitative estimate of drug-likeness (QED) is 0.0264. The highest BCUT2D eigenvalue weighted by Crippen LogP contribution is 2.32. The van der Waals surface area contributed by atoms with Crippen molar-refractivity contribution in [3.63, 3.8) is 0 Å². The van der Waals surface area contributed by atoms with E-state index in [4.69, 9.17) is 11.6 Å². The van der Waals surface area contributed by atoms with Crippen molar-refractivity contribution in [3.05, 3.63) is 117 Å². The van der Waals surface area contributed by atoms with Gasteiger partial charge >= 0.3 is 0 Å². The van der Waals surface area contributed by atoms with Crippen molar-refractivity contribution in [1.82, 2.24) is 26.3 Å². The number of nitrogens with two attached hydrogens (primary N) is 2. The molecule has 0 fully saturated rings. The molecule has 8 N–H and O–H groups in total. The molecule has 4 unspecified atom stereocenters. The van der Waals surface area contributed by atoms with Crippen LogP contribution in [-0.4, -0.2) is 56.0 Å². The number of amides is 2. The fourth-order valence-corrected chi connectivity index (χ4v) is 7.10. The number of rotatable bonds is 24. The Labute approximate surface area is 375 Å². The predicted octanol–water partition coefficient (Wildman–Crippen LogP) is 10.8. The number of nitrogens with zero attached hydrogens (tertiary/aromatic N) is 1. The van der Waals surface area contributed by atoms with Crippen LogP contribution in [0, 0.1) is 29.1 Å². The second-order valence-electron chi connectivity index (χ2n) is 16.8. The first-order chi connectivity index (χ1) is 29.0. The molecule has 0 bridgehead atoms. The number of carbonyl (C=O) groups is 2. The number of allylic oxidation sites excluding steroid dienone is 4. The molecule has 0 radical (unpaired) electrons. The first kappa shape index (κ1) is 61.1. The Kier molecular flexibility index (Phi) is 35.5. The SMILES string of the molecule is C=C.C=C.C=CCCNC(=O)C(C)C(C=C)C(C)C(C)CCCC.CC.CNCC(C)(C)CCC(C)(C)NCCC(=O)N(C)C1=C(/C(NN)=C(/N)c2ccccc2)CCC=C1. The highest BCUT2D eigenvalue weighted by atomic mass is 16.2. The van der Waals surface area contributed by atoms with E-state index in [0.717, 1.165) is 55.5 Å². The summed E-state index contributed by atoms with van der Waals surface area (Å²) in [5.74, 6) is 7.44. The number of likely N-dealkylation sites (N-methyl/N-ethyl adjacent to an activating group) is 1. The first-order valence-corrected chi connectivity index (χ1v) is 22.6. The summed E-state index contributed by atoms with van der Waals surface area (Å²) in [7, 11) is 3.82. The zero-order valence-corrected chi connectivity index (χ0v) is 41.2. The van der Waals surface area contributed by atoms with Gasteiger partial charge in [-0.2, -0.15) is 0 Å². The molecule has 9 heteroatoms. The lowest BCUT2D eigenvalue weighted by Crippen LogP contribution is -2.42. The molecule has 0 aromatic heterocycles. The molecule has 1 aliphatic rings. The van der Waals surface area contributed by atoms with Crippen LogP contribution in [0.5, 0.6) is 0 Å². The van der Waals surface area contributed by atoms with E-state index < -0.39 is 0 Å². The molecule has 0 aliphatic heterocycles. The average Bonchev–Trinajstić information content (AvgIpc) is 3.27. The molecule has 348 valence electrons. The highest BCUT2D eigenvalue weighted by molar-refractivity contribution is 5.80. The van der Waals surface area contributed by atoms with Crippen molar-refractivity contribution in [3.8, 4) is 0 Å². The lowest BCUT2D eigenvalue weighted by atomic mass is 9.75. The number of carbonyl (C=O) groups excluding carboxylic acids is 2. The summed E-state index contributed by atoms with van der Waals surface area (Å²) in [5.41, 5.74) is 13.4. The number of hydrogen-bond donors (Lipinski definition) is 6. The van der Waals surface area contributed by atoms with E-state index in [-0.39, 0.29) is 34.6 Å². The molecule has 1 aromatic rings. The molecule has 0 spiro atoms. The van der Waals surface area contributed by atoms with E-state index >= 15 is 0 Å². The summed E-state index contributed by atoms with van der Waals surface area (Å²) >= 11 is 0. The van der Waals surface area contributed by atoms with E-state index in [9.17, 15) is 9.59 Å². The molecule has 2 amide bonds. The van der Waals surface area contributed by atoms with Crippen LogP contribution in [0.3, 0.4) is 0 Å². The highest BCUT2D eigenvalue weighted by Gasteiger charge is 2.29. The number of unbranched alkanes of at least 4 members (excludes halogenated alkanes) is 1. The van der Waals surface area contributed by atoms with Gasteiger partial charge in [0.05, 0.1) is 11.4 Å². The van der Waals surface area contributed by atoms with Gasteiger partial charge in [0.2, 0.25) is 11.8 Å². The van der Waals surface area contributed by atoms with Crippen LogP contribution in [0.2, 0.25) is 0 Å². The molecule has 0 heterocycles. The molecule has 2 rings (SSSR count). The van der Waals surface area contributed by atoms with E-state index in [0.29, 0.717) is 42.7 Å². The number of hydrazine groups is 1. The van der Waals surface area contributed by atoms with Gasteiger partial charge in [-0.1, -0.05) is 123 Å². The molecule has 4 atom stereocenters. The van der Waals surface area contributed by atoms with Gasteiger partial charge in [-0.3, -0.25) is 15.4 Å². The van der Waals surface area contributed by atoms with Crippen LogP contribution in [0.4, 0.5) is 0 Å². The molecule has 0 saturated carbocycles. The first-order valence-electron chi connectivity index (χ1n) is 22.6. The van der Waals surface area contributed by atoms with Crippen LogP contribution in [0.15, 0.2) is 111 Å². The summed E-state index contributed by atoms with van der Waals surface area (Å²) in [4.78, 5) is 27.0. The van der Waals surface area contributed by atoms with Gasteiger partial charge in [0.15, 0.2) is 0 Å². The Morgan fingerprint density at radius 2 is 1.57 bits per heavy atom. The average molecular weight is 848 g/mol. The minimum atomic E-state index is -0.0391. The van der Waals surface area contributed by atoms with Gasteiger partial charge in [-0.15, -0.1) is 39.5 Å². The van der Waals surface area contributed by atoms with Crippen molar-refractivity contribution in [1.29, 1.82) is 0 Å². The van der Waals surface area contributed by atoms with Gasteiger partial charge in [0.25, 0.3) is 0 Å². The number of benzene rings is 1. The third-order valence-corrected chi connectivity index (χ3v) is 11.1. The molecule has 9 nitrogen and oxygen atoms in total. The Morgan fingerprint density at radius 3 is 2.10 bits per heavy atom. The minimum Gasteiger partial charge on any atom is -0.397 e.